The summed E-state index contributed by atoms with van der Waals surface area (Å²) in [5, 5.41) is 6.55. The van der Waals surface area contributed by atoms with Gasteiger partial charge in [-0.25, -0.2) is 0 Å². The van der Waals surface area contributed by atoms with Gasteiger partial charge in [0, 0.05) is 31.1 Å². The molecule has 2 fully saturated rings. The maximum Gasteiger partial charge on any atom is 0.223 e. The molecule has 2 aliphatic rings. The summed E-state index contributed by atoms with van der Waals surface area (Å²) in [5.74, 6) is 1.22. The van der Waals surface area contributed by atoms with Crippen LogP contribution in [-0.2, 0) is 14.9 Å². The average molecular weight is 369 g/mol. The minimum Gasteiger partial charge on any atom is -0.497 e. The third-order valence-corrected chi connectivity index (χ3v) is 5.46. The van der Waals surface area contributed by atoms with Crippen LogP contribution >= 0.6 is 12.4 Å². The van der Waals surface area contributed by atoms with Crippen molar-refractivity contribution in [3.63, 3.8) is 0 Å². The first kappa shape index (κ1) is 20.0. The Balaban J connectivity index is 0.00000225. The number of nitrogens with one attached hydrogen (secondary N) is 2. The SMILES string of the molecule is COc1ccc(C2(CNC(=O)C3CCNCC3)CCOCC2)cc1.Cl. The lowest BCUT2D eigenvalue weighted by atomic mass is 9.74. The van der Waals surface area contributed by atoms with E-state index in [0.29, 0.717) is 6.54 Å². The molecule has 2 saturated heterocycles. The second-order valence-corrected chi connectivity index (χ2v) is 6.86. The van der Waals surface area contributed by atoms with Crippen molar-refractivity contribution in [2.45, 2.75) is 31.1 Å². The molecule has 0 aliphatic carbocycles. The average Bonchev–Trinajstić information content (AvgIpc) is 2.67. The first-order valence-electron chi connectivity index (χ1n) is 8.94. The van der Waals surface area contributed by atoms with Crippen LogP contribution in [0.15, 0.2) is 24.3 Å². The Morgan fingerprint density at radius 1 is 1.24 bits per heavy atom. The summed E-state index contributed by atoms with van der Waals surface area (Å²) in [6.45, 7) is 4.06. The Kier molecular flexibility index (Phi) is 7.54. The first-order valence-corrected chi connectivity index (χ1v) is 8.94. The Morgan fingerprint density at radius 2 is 1.88 bits per heavy atom. The second-order valence-electron chi connectivity index (χ2n) is 6.86. The number of methoxy groups -OCH3 is 1. The number of halogens is 1. The molecule has 0 unspecified atom stereocenters. The first-order chi connectivity index (χ1) is 11.7. The van der Waals surface area contributed by atoms with Crippen LogP contribution < -0.4 is 15.4 Å². The van der Waals surface area contributed by atoms with E-state index in [2.05, 4.69) is 22.8 Å². The number of hydrogen-bond acceptors (Lipinski definition) is 4. The van der Waals surface area contributed by atoms with E-state index in [-0.39, 0.29) is 29.6 Å². The number of rotatable bonds is 5. The Bertz CT molecular complexity index is 538. The molecule has 0 radical (unpaired) electrons. The van der Waals surface area contributed by atoms with Gasteiger partial charge in [0.05, 0.1) is 7.11 Å². The van der Waals surface area contributed by atoms with Crippen molar-refractivity contribution >= 4 is 18.3 Å². The lowest BCUT2D eigenvalue weighted by Crippen LogP contribution is -2.47. The minimum atomic E-state index is -0.0346. The number of carbonyl (C=O) groups is 1. The van der Waals surface area contributed by atoms with E-state index in [1.165, 1.54) is 5.56 Å². The largest absolute Gasteiger partial charge is 0.497 e. The summed E-state index contributed by atoms with van der Waals surface area (Å²) in [6, 6.07) is 8.25. The summed E-state index contributed by atoms with van der Waals surface area (Å²) >= 11 is 0. The molecule has 1 aromatic rings. The number of benzene rings is 1. The van der Waals surface area contributed by atoms with E-state index < -0.39 is 0 Å². The second kappa shape index (κ2) is 9.41. The van der Waals surface area contributed by atoms with Crippen LogP contribution in [0.25, 0.3) is 0 Å². The molecule has 0 spiro atoms. The summed E-state index contributed by atoms with van der Waals surface area (Å²) in [7, 11) is 1.68. The zero-order valence-electron chi connectivity index (χ0n) is 14.9. The van der Waals surface area contributed by atoms with Gasteiger partial charge in [0.25, 0.3) is 0 Å². The van der Waals surface area contributed by atoms with Crippen LogP contribution in [0.1, 0.15) is 31.2 Å². The molecule has 0 atom stereocenters. The zero-order valence-corrected chi connectivity index (χ0v) is 15.7. The van der Waals surface area contributed by atoms with Gasteiger partial charge < -0.3 is 20.1 Å². The van der Waals surface area contributed by atoms with Gasteiger partial charge in [-0.3, -0.25) is 4.79 Å². The number of carbonyl (C=O) groups excluding carboxylic acids is 1. The predicted molar refractivity (Wildman–Crippen MR) is 101 cm³/mol. The third kappa shape index (κ3) is 4.87. The fraction of sp³-hybridized carbons (Fsp3) is 0.632. The molecule has 140 valence electrons. The highest BCUT2D eigenvalue weighted by Crippen LogP contribution is 2.35. The van der Waals surface area contributed by atoms with E-state index in [0.717, 1.165) is 57.7 Å². The summed E-state index contributed by atoms with van der Waals surface area (Å²) in [5.41, 5.74) is 1.23. The van der Waals surface area contributed by atoms with E-state index in [4.69, 9.17) is 9.47 Å². The number of hydrogen-bond donors (Lipinski definition) is 2. The van der Waals surface area contributed by atoms with E-state index in [1.54, 1.807) is 7.11 Å². The van der Waals surface area contributed by atoms with Gasteiger partial charge in [-0.15, -0.1) is 12.4 Å². The van der Waals surface area contributed by atoms with Crippen molar-refractivity contribution < 1.29 is 14.3 Å². The van der Waals surface area contributed by atoms with Gasteiger partial charge in [-0.2, -0.15) is 0 Å². The van der Waals surface area contributed by atoms with Gasteiger partial charge in [0.2, 0.25) is 5.91 Å². The monoisotopic (exact) mass is 368 g/mol. The Labute approximate surface area is 156 Å². The molecular formula is C19H29ClN2O3. The van der Waals surface area contributed by atoms with Crippen molar-refractivity contribution in [1.29, 1.82) is 0 Å². The number of amides is 1. The molecule has 2 aliphatic heterocycles. The maximum absolute atomic E-state index is 12.5. The van der Waals surface area contributed by atoms with Crippen LogP contribution in [-0.4, -0.2) is 45.9 Å². The van der Waals surface area contributed by atoms with Gasteiger partial charge in [-0.1, -0.05) is 12.1 Å². The van der Waals surface area contributed by atoms with E-state index in [1.807, 2.05) is 12.1 Å². The standard InChI is InChI=1S/C19H28N2O3.ClH/c1-23-17-4-2-16(3-5-17)19(8-12-24-13-9-19)14-21-18(22)15-6-10-20-11-7-15;/h2-5,15,20H,6-14H2,1H3,(H,21,22);1H. The van der Waals surface area contributed by atoms with E-state index in [9.17, 15) is 4.79 Å². The predicted octanol–water partition coefficient (Wildman–Crippen LogP) is 2.28. The van der Waals surface area contributed by atoms with Crippen molar-refractivity contribution in [3.8, 4) is 5.75 Å². The smallest absolute Gasteiger partial charge is 0.223 e. The van der Waals surface area contributed by atoms with Crippen molar-refractivity contribution in [2.24, 2.45) is 5.92 Å². The summed E-state index contributed by atoms with van der Waals surface area (Å²) < 4.78 is 10.8. The molecule has 5 nitrogen and oxygen atoms in total. The molecule has 1 aromatic carbocycles. The van der Waals surface area contributed by atoms with Crippen LogP contribution in [0.2, 0.25) is 0 Å². The molecule has 3 rings (SSSR count). The molecule has 0 bridgehead atoms. The van der Waals surface area contributed by atoms with Gasteiger partial charge in [0.15, 0.2) is 0 Å². The maximum atomic E-state index is 12.5. The van der Waals surface area contributed by atoms with Gasteiger partial charge in [0.1, 0.15) is 5.75 Å². The molecule has 2 N–H and O–H groups in total. The molecule has 1 amide bonds. The summed E-state index contributed by atoms with van der Waals surface area (Å²) in [6.07, 6.45) is 3.74. The number of piperidine rings is 1. The van der Waals surface area contributed by atoms with Gasteiger partial charge >= 0.3 is 0 Å². The van der Waals surface area contributed by atoms with Crippen LogP contribution in [0.4, 0.5) is 0 Å². The molecule has 2 heterocycles. The molecular weight excluding hydrogens is 340 g/mol. The fourth-order valence-corrected chi connectivity index (χ4v) is 3.76. The molecule has 0 saturated carbocycles. The quantitative estimate of drug-likeness (QED) is 0.837. The lowest BCUT2D eigenvalue weighted by Gasteiger charge is -2.38. The topological polar surface area (TPSA) is 59.6 Å². The highest BCUT2D eigenvalue weighted by molar-refractivity contribution is 5.85. The third-order valence-electron chi connectivity index (χ3n) is 5.46. The zero-order chi connectivity index (χ0) is 16.8. The van der Waals surface area contributed by atoms with Gasteiger partial charge in [-0.05, 0) is 56.5 Å². The van der Waals surface area contributed by atoms with Crippen molar-refractivity contribution in [2.75, 3.05) is 40.0 Å². The van der Waals surface area contributed by atoms with Crippen LogP contribution in [0.5, 0.6) is 5.75 Å². The van der Waals surface area contributed by atoms with E-state index >= 15 is 0 Å². The normalized spacial score (nSPS) is 20.4. The molecule has 25 heavy (non-hydrogen) atoms. The Hall–Kier alpha value is -1.30. The number of ether oxygens (including phenoxy) is 2. The summed E-state index contributed by atoms with van der Waals surface area (Å²) in [4.78, 5) is 12.5. The van der Waals surface area contributed by atoms with Crippen molar-refractivity contribution in [1.82, 2.24) is 10.6 Å². The van der Waals surface area contributed by atoms with Crippen LogP contribution in [0, 0.1) is 5.92 Å². The fourth-order valence-electron chi connectivity index (χ4n) is 3.76. The highest BCUT2D eigenvalue weighted by Gasteiger charge is 2.35. The highest BCUT2D eigenvalue weighted by atomic mass is 35.5. The Morgan fingerprint density at radius 3 is 2.48 bits per heavy atom. The van der Waals surface area contributed by atoms with Crippen molar-refractivity contribution in [3.05, 3.63) is 29.8 Å². The molecule has 0 aromatic heterocycles. The minimum absolute atomic E-state index is 0. The lowest BCUT2D eigenvalue weighted by molar-refractivity contribution is -0.126. The van der Waals surface area contributed by atoms with Crippen LogP contribution in [0.3, 0.4) is 0 Å². The molecule has 6 heteroatoms.